The first kappa shape index (κ1) is 11.0. The third-order valence-corrected chi connectivity index (χ3v) is 2.61. The summed E-state index contributed by atoms with van der Waals surface area (Å²) < 4.78 is 6.21. The Morgan fingerprint density at radius 3 is 2.94 bits per heavy atom. The van der Waals surface area contributed by atoms with Gasteiger partial charge in [-0.1, -0.05) is 0 Å². The van der Waals surface area contributed by atoms with Crippen LogP contribution in [0.2, 0.25) is 0 Å². The van der Waals surface area contributed by atoms with E-state index in [1.54, 1.807) is 24.0 Å². The van der Waals surface area contributed by atoms with Gasteiger partial charge < -0.3 is 10.5 Å². The highest BCUT2D eigenvalue weighted by Gasteiger charge is 2.18. The summed E-state index contributed by atoms with van der Waals surface area (Å²) >= 11 is 0. The maximum atomic E-state index is 11.6. The summed E-state index contributed by atoms with van der Waals surface area (Å²) in [6, 6.07) is 3.48. The molecule has 1 heterocycles. The molecule has 0 aliphatic rings. The molecule has 0 spiro atoms. The predicted octanol–water partition coefficient (Wildman–Crippen LogP) is 0.814. The monoisotopic (exact) mass is 230 g/mol. The van der Waals surface area contributed by atoms with Crippen LogP contribution in [0.25, 0.3) is 10.9 Å². The lowest BCUT2D eigenvalue weighted by Gasteiger charge is -2.06. The number of ether oxygens (including phenoxy) is 1. The van der Waals surface area contributed by atoms with E-state index in [9.17, 15) is 4.79 Å². The molecule has 2 rings (SSSR count). The smallest absolute Gasteiger partial charge is 0.339 e. The van der Waals surface area contributed by atoms with Gasteiger partial charge in [0.05, 0.1) is 35.6 Å². The summed E-state index contributed by atoms with van der Waals surface area (Å²) in [6.07, 6.45) is 1.56. The Hall–Kier alpha value is -2.55. The summed E-state index contributed by atoms with van der Waals surface area (Å²) in [5, 5.41) is 13.7. The Labute approximate surface area is 97.2 Å². The zero-order chi connectivity index (χ0) is 12.6. The Morgan fingerprint density at radius 1 is 1.65 bits per heavy atom. The fourth-order valence-electron chi connectivity index (χ4n) is 1.71. The molecule has 0 saturated heterocycles. The molecule has 0 radical (unpaired) electrons. The number of nitrogens with zero attached hydrogens (tertiary/aromatic N) is 3. The Morgan fingerprint density at radius 2 is 2.35 bits per heavy atom. The van der Waals surface area contributed by atoms with Crippen LogP contribution in [-0.4, -0.2) is 22.9 Å². The molecule has 0 aliphatic carbocycles. The zero-order valence-electron chi connectivity index (χ0n) is 9.39. The standard InChI is InChI=1S/C11H10N4O2/c1-15-9-3-6(11(16)17-2)7(4-12)10(13)8(9)5-14-15/h3,5H,13H2,1-2H3. The third kappa shape index (κ3) is 1.49. The number of nitrogen functional groups attached to an aromatic ring is 1. The highest BCUT2D eigenvalue weighted by Crippen LogP contribution is 2.27. The van der Waals surface area contributed by atoms with Gasteiger partial charge in [0, 0.05) is 12.4 Å². The molecule has 2 N–H and O–H groups in total. The van der Waals surface area contributed by atoms with Crippen LogP contribution in [-0.2, 0) is 11.8 Å². The van der Waals surface area contributed by atoms with E-state index in [0.717, 1.165) is 0 Å². The molecule has 0 bridgehead atoms. The molecule has 2 aromatic rings. The number of hydrogen-bond donors (Lipinski definition) is 1. The van der Waals surface area contributed by atoms with Gasteiger partial charge in [-0.3, -0.25) is 4.68 Å². The van der Waals surface area contributed by atoms with E-state index < -0.39 is 5.97 Å². The molecule has 6 nitrogen and oxygen atoms in total. The maximum Gasteiger partial charge on any atom is 0.339 e. The van der Waals surface area contributed by atoms with Crippen LogP contribution in [0.3, 0.4) is 0 Å². The second-order valence-corrected chi connectivity index (χ2v) is 3.52. The number of carbonyl (C=O) groups excluding carboxylic acids is 1. The van der Waals surface area contributed by atoms with Crippen molar-refractivity contribution < 1.29 is 9.53 Å². The number of benzene rings is 1. The molecular formula is C11H10N4O2. The first-order valence-corrected chi connectivity index (χ1v) is 4.82. The lowest BCUT2D eigenvalue weighted by molar-refractivity contribution is 0.0600. The van der Waals surface area contributed by atoms with Gasteiger partial charge in [0.2, 0.25) is 0 Å². The highest BCUT2D eigenvalue weighted by molar-refractivity contribution is 6.03. The van der Waals surface area contributed by atoms with Gasteiger partial charge in [-0.15, -0.1) is 0 Å². The predicted molar refractivity (Wildman–Crippen MR) is 61.2 cm³/mol. The minimum Gasteiger partial charge on any atom is -0.465 e. The summed E-state index contributed by atoms with van der Waals surface area (Å²) in [4.78, 5) is 11.6. The summed E-state index contributed by atoms with van der Waals surface area (Å²) in [7, 11) is 2.99. The fraction of sp³-hybridized carbons (Fsp3) is 0.182. The number of hydrogen-bond acceptors (Lipinski definition) is 5. The van der Waals surface area contributed by atoms with Gasteiger partial charge in [-0.25, -0.2) is 4.79 Å². The Kier molecular flexibility index (Phi) is 2.44. The van der Waals surface area contributed by atoms with Crippen molar-refractivity contribution in [2.24, 2.45) is 7.05 Å². The average molecular weight is 230 g/mol. The highest BCUT2D eigenvalue weighted by atomic mass is 16.5. The summed E-state index contributed by atoms with van der Waals surface area (Å²) in [5.41, 5.74) is 7.06. The maximum absolute atomic E-state index is 11.6. The zero-order valence-corrected chi connectivity index (χ0v) is 9.39. The van der Waals surface area contributed by atoms with Crippen LogP contribution in [0, 0.1) is 11.3 Å². The molecular weight excluding hydrogens is 220 g/mol. The van der Waals surface area contributed by atoms with E-state index in [4.69, 9.17) is 11.0 Å². The number of fused-ring (bicyclic) bond motifs is 1. The van der Waals surface area contributed by atoms with E-state index in [1.807, 2.05) is 6.07 Å². The van der Waals surface area contributed by atoms with Crippen molar-refractivity contribution in [1.29, 1.82) is 5.26 Å². The summed E-state index contributed by atoms with van der Waals surface area (Å²) in [5.74, 6) is -0.587. The van der Waals surface area contributed by atoms with Gasteiger partial charge in [0.15, 0.2) is 0 Å². The third-order valence-electron chi connectivity index (χ3n) is 2.61. The van der Waals surface area contributed by atoms with Crippen molar-refractivity contribution >= 4 is 22.6 Å². The number of carbonyl (C=O) groups is 1. The number of aryl methyl sites for hydroxylation is 1. The van der Waals surface area contributed by atoms with Gasteiger partial charge in [-0.05, 0) is 6.07 Å². The van der Waals surface area contributed by atoms with Crippen molar-refractivity contribution in [2.75, 3.05) is 12.8 Å². The van der Waals surface area contributed by atoms with Crippen molar-refractivity contribution in [3.8, 4) is 6.07 Å². The SMILES string of the molecule is COC(=O)c1cc2c(cnn2C)c(N)c1C#N. The Bertz CT molecular complexity index is 652. The average Bonchev–Trinajstić information content (AvgIpc) is 2.70. The van der Waals surface area contributed by atoms with Crippen molar-refractivity contribution in [1.82, 2.24) is 9.78 Å². The van der Waals surface area contributed by atoms with Crippen LogP contribution in [0.5, 0.6) is 0 Å². The lowest BCUT2D eigenvalue weighted by Crippen LogP contribution is -2.07. The first-order valence-electron chi connectivity index (χ1n) is 4.82. The first-order chi connectivity index (χ1) is 8.10. The van der Waals surface area contributed by atoms with Crippen LogP contribution in [0.1, 0.15) is 15.9 Å². The molecule has 0 saturated carbocycles. The van der Waals surface area contributed by atoms with Crippen LogP contribution < -0.4 is 5.73 Å². The second kappa shape index (κ2) is 3.79. The van der Waals surface area contributed by atoms with Crippen molar-refractivity contribution in [3.63, 3.8) is 0 Å². The van der Waals surface area contributed by atoms with Crippen LogP contribution in [0.15, 0.2) is 12.3 Å². The normalized spacial score (nSPS) is 10.2. The quantitative estimate of drug-likeness (QED) is 0.578. The molecule has 0 fully saturated rings. The number of methoxy groups -OCH3 is 1. The van der Waals surface area contributed by atoms with Crippen LogP contribution >= 0.6 is 0 Å². The van der Waals surface area contributed by atoms with E-state index in [-0.39, 0.29) is 16.8 Å². The van der Waals surface area contributed by atoms with Crippen LogP contribution in [0.4, 0.5) is 5.69 Å². The lowest BCUT2D eigenvalue weighted by atomic mass is 10.0. The van der Waals surface area contributed by atoms with Crippen molar-refractivity contribution in [2.45, 2.75) is 0 Å². The number of nitrogens with two attached hydrogens (primary N) is 1. The number of aromatic nitrogens is 2. The molecule has 6 heteroatoms. The molecule has 1 aromatic heterocycles. The Balaban J connectivity index is 2.88. The number of esters is 1. The molecule has 0 amide bonds. The van der Waals surface area contributed by atoms with Gasteiger partial charge in [0.1, 0.15) is 6.07 Å². The summed E-state index contributed by atoms with van der Waals surface area (Å²) in [6.45, 7) is 0. The topological polar surface area (TPSA) is 93.9 Å². The van der Waals surface area contributed by atoms with Gasteiger partial charge in [-0.2, -0.15) is 10.4 Å². The minimum atomic E-state index is -0.587. The van der Waals surface area contributed by atoms with E-state index in [1.165, 1.54) is 7.11 Å². The number of anilines is 1. The molecule has 0 unspecified atom stereocenters. The fourth-order valence-corrected chi connectivity index (χ4v) is 1.71. The number of nitriles is 1. The van der Waals surface area contributed by atoms with Gasteiger partial charge >= 0.3 is 5.97 Å². The second-order valence-electron chi connectivity index (χ2n) is 3.52. The van der Waals surface area contributed by atoms with Gasteiger partial charge in [0.25, 0.3) is 0 Å². The molecule has 0 aliphatic heterocycles. The molecule has 86 valence electrons. The van der Waals surface area contributed by atoms with E-state index in [2.05, 4.69) is 9.84 Å². The van der Waals surface area contributed by atoms with Crippen molar-refractivity contribution in [3.05, 3.63) is 23.4 Å². The largest absolute Gasteiger partial charge is 0.465 e. The number of rotatable bonds is 1. The molecule has 1 aromatic carbocycles. The minimum absolute atomic E-state index is 0.123. The van der Waals surface area contributed by atoms with E-state index in [0.29, 0.717) is 10.9 Å². The molecule has 0 atom stereocenters. The molecule has 17 heavy (non-hydrogen) atoms. The van der Waals surface area contributed by atoms with E-state index >= 15 is 0 Å².